The monoisotopic (exact) mass is 431 g/mol. The number of benzene rings is 2. The quantitative estimate of drug-likeness (QED) is 0.408. The van der Waals surface area contributed by atoms with Crippen LogP contribution in [0.15, 0.2) is 42.5 Å². The summed E-state index contributed by atoms with van der Waals surface area (Å²) in [4.78, 5) is 52.3. The van der Waals surface area contributed by atoms with Crippen molar-refractivity contribution in [1.29, 1.82) is 0 Å². The number of amides is 2. The molecule has 4 unspecified atom stereocenters. The molecule has 0 aromatic heterocycles. The van der Waals surface area contributed by atoms with Gasteiger partial charge in [-0.25, -0.2) is 4.79 Å². The number of ketones is 1. The van der Waals surface area contributed by atoms with Crippen molar-refractivity contribution in [3.63, 3.8) is 0 Å². The van der Waals surface area contributed by atoms with Gasteiger partial charge in [0.15, 0.2) is 12.4 Å². The van der Waals surface area contributed by atoms with Crippen molar-refractivity contribution >= 4 is 29.3 Å². The highest BCUT2D eigenvalue weighted by Gasteiger charge is 2.61. The number of ether oxygens (including phenoxy) is 1. The first kappa shape index (κ1) is 20.6. The molecular weight excluding hydrogens is 406 g/mol. The lowest BCUT2D eigenvalue weighted by atomic mass is 9.81. The van der Waals surface area contributed by atoms with Gasteiger partial charge in [0.2, 0.25) is 11.8 Å². The van der Waals surface area contributed by atoms with Crippen molar-refractivity contribution in [3.05, 3.63) is 64.7 Å². The van der Waals surface area contributed by atoms with Crippen molar-refractivity contribution in [2.24, 2.45) is 23.7 Å². The van der Waals surface area contributed by atoms with Gasteiger partial charge in [-0.15, -0.1) is 0 Å². The second-order valence-corrected chi connectivity index (χ2v) is 9.25. The first-order valence-electron chi connectivity index (χ1n) is 11.1. The van der Waals surface area contributed by atoms with Gasteiger partial charge in [0.25, 0.3) is 0 Å². The minimum absolute atomic E-state index is 0.150. The highest BCUT2D eigenvalue weighted by Crippen LogP contribution is 2.56. The lowest BCUT2D eigenvalue weighted by Gasteiger charge is -2.19. The Kier molecular flexibility index (Phi) is 4.96. The van der Waals surface area contributed by atoms with E-state index in [0.717, 1.165) is 30.4 Å². The van der Waals surface area contributed by atoms with Crippen LogP contribution in [-0.2, 0) is 14.3 Å². The van der Waals surface area contributed by atoms with E-state index in [4.69, 9.17) is 4.74 Å². The minimum Gasteiger partial charge on any atom is -0.454 e. The number of Topliss-reactive ketones (excluding diaryl/α,β-unsaturated/α-hetero) is 1. The number of esters is 1. The zero-order valence-corrected chi connectivity index (χ0v) is 18.2. The molecule has 2 amide bonds. The van der Waals surface area contributed by atoms with Gasteiger partial charge in [-0.05, 0) is 80.3 Å². The largest absolute Gasteiger partial charge is 0.454 e. The third kappa shape index (κ3) is 3.25. The Bertz CT molecular complexity index is 1120. The maximum absolute atomic E-state index is 13.0. The van der Waals surface area contributed by atoms with Gasteiger partial charge in [0, 0.05) is 5.56 Å². The smallest absolute Gasteiger partial charge is 0.338 e. The third-order valence-corrected chi connectivity index (χ3v) is 7.43. The maximum atomic E-state index is 13.0. The van der Waals surface area contributed by atoms with E-state index in [1.165, 1.54) is 11.0 Å². The molecule has 1 heterocycles. The van der Waals surface area contributed by atoms with Gasteiger partial charge in [-0.2, -0.15) is 0 Å². The zero-order valence-electron chi connectivity index (χ0n) is 18.2. The van der Waals surface area contributed by atoms with E-state index in [0.29, 0.717) is 23.1 Å². The number of hydrogen-bond acceptors (Lipinski definition) is 5. The van der Waals surface area contributed by atoms with Gasteiger partial charge in [-0.1, -0.05) is 18.2 Å². The van der Waals surface area contributed by atoms with Crippen LogP contribution < -0.4 is 4.90 Å². The van der Waals surface area contributed by atoms with Crippen LogP contribution in [0.1, 0.15) is 51.1 Å². The van der Waals surface area contributed by atoms with Crippen LogP contribution in [0.2, 0.25) is 0 Å². The fourth-order valence-electron chi connectivity index (χ4n) is 5.65. The number of imide groups is 1. The molecule has 2 aliphatic carbocycles. The first-order chi connectivity index (χ1) is 15.3. The molecule has 4 atom stereocenters. The molecule has 6 nitrogen and oxygen atoms in total. The fraction of sp³-hybridized carbons (Fsp3) is 0.385. The lowest BCUT2D eigenvalue weighted by Crippen LogP contribution is -2.32. The molecule has 2 bridgehead atoms. The van der Waals surface area contributed by atoms with Gasteiger partial charge < -0.3 is 4.74 Å². The number of fused-ring (bicyclic) bond motifs is 5. The molecule has 2 saturated carbocycles. The lowest BCUT2D eigenvalue weighted by molar-refractivity contribution is -0.123. The summed E-state index contributed by atoms with van der Waals surface area (Å²) < 4.78 is 5.23. The summed E-state index contributed by atoms with van der Waals surface area (Å²) in [6, 6.07) is 11.7. The summed E-state index contributed by atoms with van der Waals surface area (Å²) in [6.45, 7) is 3.51. The van der Waals surface area contributed by atoms with E-state index in [9.17, 15) is 19.2 Å². The molecule has 1 aliphatic heterocycles. The highest BCUT2D eigenvalue weighted by molar-refractivity contribution is 6.22. The number of nitrogens with zero attached hydrogens (tertiary/aromatic N) is 1. The zero-order chi connectivity index (χ0) is 22.6. The first-order valence-corrected chi connectivity index (χ1v) is 11.1. The van der Waals surface area contributed by atoms with Crippen molar-refractivity contribution in [3.8, 4) is 0 Å². The molecule has 2 aromatic carbocycles. The van der Waals surface area contributed by atoms with Crippen LogP contribution in [0.5, 0.6) is 0 Å². The number of hydrogen-bond donors (Lipinski definition) is 0. The maximum Gasteiger partial charge on any atom is 0.338 e. The molecule has 6 heteroatoms. The van der Waals surface area contributed by atoms with Gasteiger partial charge in [-0.3, -0.25) is 19.3 Å². The number of carbonyl (C=O) groups is 4. The van der Waals surface area contributed by atoms with Gasteiger partial charge in [0.05, 0.1) is 23.1 Å². The van der Waals surface area contributed by atoms with Crippen molar-refractivity contribution in [2.75, 3.05) is 11.5 Å². The molecule has 0 N–H and O–H groups in total. The Morgan fingerprint density at radius 1 is 0.906 bits per heavy atom. The summed E-state index contributed by atoms with van der Waals surface area (Å²) in [5, 5.41) is 0. The molecule has 164 valence electrons. The van der Waals surface area contributed by atoms with E-state index in [1.807, 2.05) is 19.9 Å². The van der Waals surface area contributed by atoms with Crippen molar-refractivity contribution < 1.29 is 23.9 Å². The molecule has 2 aromatic rings. The van der Waals surface area contributed by atoms with E-state index in [2.05, 4.69) is 0 Å². The SMILES string of the molecule is Cc1ccc(C(=O)COC(=O)c2cccc(N3C(=O)C4C5CCC(C5)C4C3=O)c2)cc1C. The van der Waals surface area contributed by atoms with Gasteiger partial charge >= 0.3 is 5.97 Å². The Balaban J connectivity index is 1.29. The van der Waals surface area contributed by atoms with Gasteiger partial charge in [0.1, 0.15) is 0 Å². The predicted octanol–water partition coefficient (Wildman–Crippen LogP) is 3.88. The number of anilines is 1. The number of carbonyl (C=O) groups excluding carboxylic acids is 4. The van der Waals surface area contributed by atoms with Crippen LogP contribution in [-0.4, -0.2) is 30.2 Å². The third-order valence-electron chi connectivity index (χ3n) is 7.43. The second kappa shape index (κ2) is 7.69. The average molecular weight is 431 g/mol. The number of rotatable bonds is 5. The highest BCUT2D eigenvalue weighted by atomic mass is 16.5. The summed E-state index contributed by atoms with van der Waals surface area (Å²) >= 11 is 0. The molecule has 1 saturated heterocycles. The van der Waals surface area contributed by atoms with E-state index in [1.54, 1.807) is 30.3 Å². The molecule has 0 spiro atoms. The summed E-state index contributed by atoms with van der Waals surface area (Å²) in [5.74, 6) is -1.08. The van der Waals surface area contributed by atoms with Crippen LogP contribution in [0.25, 0.3) is 0 Å². The minimum atomic E-state index is -0.664. The molecule has 5 rings (SSSR count). The molecule has 0 radical (unpaired) electrons. The Hall–Kier alpha value is -3.28. The average Bonchev–Trinajstić information content (AvgIpc) is 3.47. The predicted molar refractivity (Wildman–Crippen MR) is 117 cm³/mol. The second-order valence-electron chi connectivity index (χ2n) is 9.25. The molecule has 3 aliphatic rings. The molecule has 32 heavy (non-hydrogen) atoms. The van der Waals surface area contributed by atoms with Crippen LogP contribution >= 0.6 is 0 Å². The normalized spacial score (nSPS) is 25.9. The summed E-state index contributed by atoms with van der Waals surface area (Å²) in [6.07, 6.45) is 3.00. The topological polar surface area (TPSA) is 80.8 Å². The van der Waals surface area contributed by atoms with Crippen molar-refractivity contribution in [2.45, 2.75) is 33.1 Å². The summed E-state index contributed by atoms with van der Waals surface area (Å²) in [7, 11) is 0. The fourth-order valence-corrected chi connectivity index (χ4v) is 5.65. The standard InChI is InChI=1S/C26H25NO5/c1-14-6-7-16(10-15(14)2)21(28)13-32-26(31)19-4-3-5-20(12-19)27-24(29)22-17-8-9-18(11-17)23(22)25(27)30/h3-7,10,12,17-18,22-23H,8-9,11,13H2,1-2H3. The molecule has 3 fully saturated rings. The van der Waals surface area contributed by atoms with E-state index < -0.39 is 5.97 Å². The summed E-state index contributed by atoms with van der Waals surface area (Å²) in [5.41, 5.74) is 3.16. The van der Waals surface area contributed by atoms with Crippen LogP contribution in [0.4, 0.5) is 5.69 Å². The Labute approximate surface area is 186 Å². The Morgan fingerprint density at radius 3 is 2.25 bits per heavy atom. The molecular formula is C26H25NO5. The van der Waals surface area contributed by atoms with E-state index >= 15 is 0 Å². The van der Waals surface area contributed by atoms with Crippen molar-refractivity contribution in [1.82, 2.24) is 0 Å². The van der Waals surface area contributed by atoms with Crippen LogP contribution in [0.3, 0.4) is 0 Å². The van der Waals surface area contributed by atoms with Crippen LogP contribution in [0, 0.1) is 37.5 Å². The Morgan fingerprint density at radius 2 is 1.59 bits per heavy atom. The van der Waals surface area contributed by atoms with E-state index in [-0.39, 0.29) is 41.6 Å². The number of aryl methyl sites for hydroxylation is 2.